The van der Waals surface area contributed by atoms with Crippen molar-refractivity contribution in [3.8, 4) is 0 Å². The summed E-state index contributed by atoms with van der Waals surface area (Å²) < 4.78 is 5.88. The van der Waals surface area contributed by atoms with Crippen LogP contribution in [0, 0.1) is 5.92 Å². The molecule has 144 valence electrons. The Kier molecular flexibility index (Phi) is 6.60. The molecule has 0 aromatic heterocycles. The maximum absolute atomic E-state index is 13.1. The quantitative estimate of drug-likeness (QED) is 0.821. The van der Waals surface area contributed by atoms with Crippen molar-refractivity contribution in [2.24, 2.45) is 5.92 Å². The molecule has 1 amide bonds. The van der Waals surface area contributed by atoms with Crippen molar-refractivity contribution in [1.29, 1.82) is 0 Å². The molecular weight excluding hydrogens is 348 g/mol. The number of benzene rings is 1. The topological polar surface area (TPSA) is 41.6 Å². The van der Waals surface area contributed by atoms with Gasteiger partial charge in [0, 0.05) is 31.2 Å². The molecule has 1 unspecified atom stereocenters. The van der Waals surface area contributed by atoms with Crippen molar-refractivity contribution in [2.45, 2.75) is 51.0 Å². The molecule has 1 atom stereocenters. The maximum Gasteiger partial charge on any atom is 0.230 e. The van der Waals surface area contributed by atoms with Gasteiger partial charge in [0.25, 0.3) is 0 Å². The number of rotatable bonds is 6. The van der Waals surface area contributed by atoms with Gasteiger partial charge in [0.15, 0.2) is 0 Å². The number of amides is 1. The van der Waals surface area contributed by atoms with Crippen LogP contribution < -0.4 is 5.32 Å². The van der Waals surface area contributed by atoms with Gasteiger partial charge in [0.1, 0.15) is 0 Å². The molecule has 5 heteroatoms. The first-order valence-corrected chi connectivity index (χ1v) is 10.3. The largest absolute Gasteiger partial charge is 0.374 e. The van der Waals surface area contributed by atoms with Gasteiger partial charge in [-0.05, 0) is 36.5 Å². The summed E-state index contributed by atoms with van der Waals surface area (Å²) in [5.74, 6) is 0.789. The van der Waals surface area contributed by atoms with E-state index in [1.807, 2.05) is 24.3 Å². The number of hydrogen-bond donors (Lipinski definition) is 1. The number of nitrogens with zero attached hydrogens (tertiary/aromatic N) is 1. The zero-order valence-electron chi connectivity index (χ0n) is 16.0. The first kappa shape index (κ1) is 19.7. The van der Waals surface area contributed by atoms with Gasteiger partial charge >= 0.3 is 0 Å². The van der Waals surface area contributed by atoms with Crippen molar-refractivity contribution in [1.82, 2.24) is 10.2 Å². The highest BCUT2D eigenvalue weighted by molar-refractivity contribution is 6.30. The molecule has 2 fully saturated rings. The molecule has 1 aromatic carbocycles. The van der Waals surface area contributed by atoms with E-state index in [1.54, 1.807) is 0 Å². The van der Waals surface area contributed by atoms with Gasteiger partial charge in [0.05, 0.1) is 18.1 Å². The summed E-state index contributed by atoms with van der Waals surface area (Å²) >= 11 is 6.03. The zero-order chi connectivity index (χ0) is 18.6. The lowest BCUT2D eigenvalue weighted by Crippen LogP contribution is -2.51. The first-order valence-electron chi connectivity index (χ1n) is 9.88. The lowest BCUT2D eigenvalue weighted by molar-refractivity contribution is -0.127. The monoisotopic (exact) mass is 378 g/mol. The minimum Gasteiger partial charge on any atom is -0.374 e. The predicted molar refractivity (Wildman–Crippen MR) is 106 cm³/mol. The third kappa shape index (κ3) is 4.59. The van der Waals surface area contributed by atoms with Gasteiger partial charge in [-0.15, -0.1) is 0 Å². The molecule has 1 aliphatic carbocycles. The second kappa shape index (κ2) is 8.73. The Morgan fingerprint density at radius 2 is 2.00 bits per heavy atom. The van der Waals surface area contributed by atoms with E-state index in [2.05, 4.69) is 24.1 Å². The van der Waals surface area contributed by atoms with Crippen LogP contribution in [-0.2, 0) is 14.9 Å². The molecule has 1 aliphatic heterocycles. The molecule has 1 N–H and O–H groups in total. The summed E-state index contributed by atoms with van der Waals surface area (Å²) in [5.41, 5.74) is 0.680. The van der Waals surface area contributed by atoms with Crippen LogP contribution in [0.4, 0.5) is 0 Å². The van der Waals surface area contributed by atoms with Crippen LogP contribution >= 0.6 is 11.6 Å². The van der Waals surface area contributed by atoms with Gasteiger partial charge in [-0.25, -0.2) is 0 Å². The Morgan fingerprint density at radius 3 is 2.65 bits per heavy atom. The van der Waals surface area contributed by atoms with E-state index in [0.717, 1.165) is 57.5 Å². The molecule has 1 aromatic rings. The Labute approximate surface area is 162 Å². The molecule has 1 saturated carbocycles. The average molecular weight is 379 g/mol. The van der Waals surface area contributed by atoms with Gasteiger partial charge in [0.2, 0.25) is 5.91 Å². The lowest BCUT2D eigenvalue weighted by atomic mass is 9.78. The number of halogens is 1. The van der Waals surface area contributed by atoms with Crippen LogP contribution in [0.1, 0.15) is 45.1 Å². The molecule has 1 saturated heterocycles. The lowest BCUT2D eigenvalue weighted by Gasteiger charge is -2.35. The van der Waals surface area contributed by atoms with Gasteiger partial charge < -0.3 is 10.1 Å². The minimum absolute atomic E-state index is 0.0788. The predicted octanol–water partition coefficient (Wildman–Crippen LogP) is 3.62. The minimum atomic E-state index is -0.406. The summed E-state index contributed by atoms with van der Waals surface area (Å²) in [6.45, 7) is 8.77. The Hall–Kier alpha value is -1.10. The third-order valence-corrected chi connectivity index (χ3v) is 5.88. The number of hydrogen-bond acceptors (Lipinski definition) is 3. The number of carbonyl (C=O) groups excluding carboxylic acids is 1. The normalized spacial score (nSPS) is 23.3. The number of nitrogens with one attached hydrogen (secondary N) is 1. The molecular formula is C21H31ClN2O2. The smallest absolute Gasteiger partial charge is 0.230 e. The van der Waals surface area contributed by atoms with Crippen LogP contribution in [-0.4, -0.2) is 49.7 Å². The maximum atomic E-state index is 13.1. The Balaban J connectivity index is 1.61. The van der Waals surface area contributed by atoms with Gasteiger partial charge in [-0.2, -0.15) is 0 Å². The molecule has 0 spiro atoms. The average Bonchev–Trinajstić information content (AvgIpc) is 3.11. The Morgan fingerprint density at radius 1 is 1.31 bits per heavy atom. The van der Waals surface area contributed by atoms with Crippen LogP contribution in [0.2, 0.25) is 5.02 Å². The number of ether oxygens (including phenoxy) is 1. The molecule has 26 heavy (non-hydrogen) atoms. The molecule has 0 bridgehead atoms. The summed E-state index contributed by atoms with van der Waals surface area (Å²) in [7, 11) is 0. The van der Waals surface area contributed by atoms with Crippen LogP contribution in [0.3, 0.4) is 0 Å². The van der Waals surface area contributed by atoms with E-state index in [-0.39, 0.29) is 12.0 Å². The molecule has 2 aliphatic rings. The highest BCUT2D eigenvalue weighted by Crippen LogP contribution is 2.41. The van der Waals surface area contributed by atoms with E-state index < -0.39 is 5.41 Å². The molecule has 3 rings (SSSR count). The van der Waals surface area contributed by atoms with Crippen LogP contribution in [0.5, 0.6) is 0 Å². The van der Waals surface area contributed by atoms with Crippen LogP contribution in [0.25, 0.3) is 0 Å². The fourth-order valence-electron chi connectivity index (χ4n) is 4.36. The second-order valence-corrected chi connectivity index (χ2v) is 8.59. The summed E-state index contributed by atoms with van der Waals surface area (Å²) in [5, 5.41) is 3.91. The van der Waals surface area contributed by atoms with Crippen molar-refractivity contribution in [3.63, 3.8) is 0 Å². The van der Waals surface area contributed by atoms with Crippen LogP contribution in [0.15, 0.2) is 24.3 Å². The molecule has 1 heterocycles. The molecule has 0 radical (unpaired) electrons. The summed E-state index contributed by atoms with van der Waals surface area (Å²) in [6.07, 6.45) is 4.09. The van der Waals surface area contributed by atoms with E-state index in [9.17, 15) is 4.79 Å². The fraction of sp³-hybridized carbons (Fsp3) is 0.667. The van der Waals surface area contributed by atoms with Crippen molar-refractivity contribution >= 4 is 17.5 Å². The van der Waals surface area contributed by atoms with E-state index in [0.29, 0.717) is 17.5 Å². The summed E-state index contributed by atoms with van der Waals surface area (Å²) in [6, 6.07) is 7.79. The van der Waals surface area contributed by atoms with Crippen molar-refractivity contribution < 1.29 is 9.53 Å². The molecule has 4 nitrogen and oxygen atoms in total. The summed E-state index contributed by atoms with van der Waals surface area (Å²) in [4.78, 5) is 15.6. The number of morpholine rings is 1. The SMILES string of the molecule is CC(C)CN1CCOC(CNC(=O)C2(c3ccc(Cl)cc3)CCCC2)C1. The van der Waals surface area contributed by atoms with E-state index in [4.69, 9.17) is 16.3 Å². The third-order valence-electron chi connectivity index (χ3n) is 5.63. The standard InChI is InChI=1S/C21H31ClN2O2/c1-16(2)14-24-11-12-26-19(15-24)13-23-20(25)21(9-3-4-10-21)17-5-7-18(22)8-6-17/h5-8,16,19H,3-4,9-15H2,1-2H3,(H,23,25). The van der Waals surface area contributed by atoms with Crippen molar-refractivity contribution in [2.75, 3.05) is 32.8 Å². The highest BCUT2D eigenvalue weighted by atomic mass is 35.5. The van der Waals surface area contributed by atoms with E-state index in [1.165, 1.54) is 0 Å². The first-order chi connectivity index (χ1) is 12.5. The second-order valence-electron chi connectivity index (χ2n) is 8.15. The van der Waals surface area contributed by atoms with E-state index >= 15 is 0 Å². The number of carbonyl (C=O) groups is 1. The zero-order valence-corrected chi connectivity index (χ0v) is 16.7. The fourth-order valence-corrected chi connectivity index (χ4v) is 4.48. The highest BCUT2D eigenvalue weighted by Gasteiger charge is 2.42. The van der Waals surface area contributed by atoms with Gasteiger partial charge in [-0.1, -0.05) is 50.4 Å². The Bertz CT molecular complexity index is 597. The van der Waals surface area contributed by atoms with Gasteiger partial charge in [-0.3, -0.25) is 9.69 Å². The van der Waals surface area contributed by atoms with Crippen molar-refractivity contribution in [3.05, 3.63) is 34.9 Å².